The van der Waals surface area contributed by atoms with Crippen LogP contribution in [0.2, 0.25) is 0 Å². The minimum atomic E-state index is -0.437. The molecule has 1 N–H and O–H groups in total. The van der Waals surface area contributed by atoms with Crippen LogP contribution in [-0.2, 0) is 11.2 Å². The van der Waals surface area contributed by atoms with Crippen molar-refractivity contribution < 1.29 is 23.4 Å². The first-order valence-corrected chi connectivity index (χ1v) is 9.99. The summed E-state index contributed by atoms with van der Waals surface area (Å²) in [7, 11) is 4.72. The first-order valence-electron chi connectivity index (χ1n) is 9.99. The molecule has 0 aliphatic carbocycles. The van der Waals surface area contributed by atoms with Crippen molar-refractivity contribution in [3.8, 4) is 17.2 Å². The summed E-state index contributed by atoms with van der Waals surface area (Å²) in [6.07, 6.45) is 0.438. The van der Waals surface area contributed by atoms with Gasteiger partial charge in [0.1, 0.15) is 22.8 Å². The van der Waals surface area contributed by atoms with Crippen LogP contribution < -0.4 is 25.2 Å². The minimum absolute atomic E-state index is 0.157. The maximum Gasteiger partial charge on any atom is 0.339 e. The van der Waals surface area contributed by atoms with E-state index in [2.05, 4.69) is 5.32 Å². The lowest BCUT2D eigenvalue weighted by Gasteiger charge is -2.18. The van der Waals surface area contributed by atoms with Gasteiger partial charge in [-0.25, -0.2) is 4.79 Å². The van der Waals surface area contributed by atoms with Crippen molar-refractivity contribution in [2.75, 3.05) is 21.3 Å². The molecule has 1 heterocycles. The quantitative estimate of drug-likeness (QED) is 0.550. The summed E-state index contributed by atoms with van der Waals surface area (Å²) in [5.74, 6) is 1.78. The van der Waals surface area contributed by atoms with Gasteiger partial charge in [0.15, 0.2) is 0 Å². The van der Waals surface area contributed by atoms with Gasteiger partial charge in [0.25, 0.3) is 0 Å². The molecule has 0 bridgehead atoms. The average Bonchev–Trinajstić information content (AvgIpc) is 2.77. The Morgan fingerprint density at radius 2 is 1.71 bits per heavy atom. The van der Waals surface area contributed by atoms with Gasteiger partial charge in [-0.2, -0.15) is 0 Å². The third-order valence-corrected chi connectivity index (χ3v) is 5.38. The molecule has 1 aromatic heterocycles. The molecular formula is C24H27NO6. The van der Waals surface area contributed by atoms with Crippen molar-refractivity contribution in [2.45, 2.75) is 32.7 Å². The Labute approximate surface area is 180 Å². The number of carbonyl (C=O) groups is 1. The molecular weight excluding hydrogens is 398 g/mol. The lowest BCUT2D eigenvalue weighted by atomic mass is 10.0. The fourth-order valence-corrected chi connectivity index (χ4v) is 3.60. The predicted molar refractivity (Wildman–Crippen MR) is 118 cm³/mol. The van der Waals surface area contributed by atoms with Crippen LogP contribution in [0.4, 0.5) is 0 Å². The van der Waals surface area contributed by atoms with Gasteiger partial charge in [-0.3, -0.25) is 4.79 Å². The topological polar surface area (TPSA) is 87.0 Å². The molecule has 3 rings (SSSR count). The highest BCUT2D eigenvalue weighted by Crippen LogP contribution is 2.29. The molecule has 3 aromatic rings. The molecule has 0 radical (unpaired) electrons. The number of benzene rings is 2. The second-order valence-electron chi connectivity index (χ2n) is 7.25. The first kappa shape index (κ1) is 22.2. The van der Waals surface area contributed by atoms with Gasteiger partial charge in [-0.15, -0.1) is 0 Å². The smallest absolute Gasteiger partial charge is 0.339 e. The van der Waals surface area contributed by atoms with Crippen molar-refractivity contribution in [3.63, 3.8) is 0 Å². The number of hydrogen-bond donors (Lipinski definition) is 1. The maximum atomic E-state index is 12.6. The fraction of sp³-hybridized carbons (Fsp3) is 0.333. The van der Waals surface area contributed by atoms with Gasteiger partial charge in [0.2, 0.25) is 5.91 Å². The van der Waals surface area contributed by atoms with E-state index in [1.54, 1.807) is 39.5 Å². The fourth-order valence-electron chi connectivity index (χ4n) is 3.60. The molecule has 0 aliphatic rings. The average molecular weight is 425 g/mol. The van der Waals surface area contributed by atoms with E-state index in [0.29, 0.717) is 28.4 Å². The van der Waals surface area contributed by atoms with Gasteiger partial charge in [0, 0.05) is 29.0 Å². The van der Waals surface area contributed by atoms with Gasteiger partial charge in [-0.05, 0) is 56.2 Å². The van der Waals surface area contributed by atoms with Crippen LogP contribution in [0.5, 0.6) is 17.2 Å². The SMILES string of the molecule is COc1ccc(OC)c([C@H](C)NC(=O)CCc2c(C)c3ccc(OC)cc3oc2=O)c1. The molecule has 7 heteroatoms. The molecule has 31 heavy (non-hydrogen) atoms. The Morgan fingerprint density at radius 3 is 2.39 bits per heavy atom. The summed E-state index contributed by atoms with van der Waals surface area (Å²) in [6, 6.07) is 10.5. The lowest BCUT2D eigenvalue weighted by molar-refractivity contribution is -0.121. The van der Waals surface area contributed by atoms with Crippen LogP contribution >= 0.6 is 0 Å². The number of hydrogen-bond acceptors (Lipinski definition) is 6. The number of methoxy groups -OCH3 is 3. The van der Waals surface area contributed by atoms with Crippen LogP contribution in [0.3, 0.4) is 0 Å². The summed E-state index contributed by atoms with van der Waals surface area (Å²) in [4.78, 5) is 25.1. The molecule has 1 atom stereocenters. The summed E-state index contributed by atoms with van der Waals surface area (Å²) in [5.41, 5.74) is 2.15. The van der Waals surface area contributed by atoms with Gasteiger partial charge in [0.05, 0.1) is 27.4 Å². The Morgan fingerprint density at radius 1 is 1.03 bits per heavy atom. The van der Waals surface area contributed by atoms with Crippen molar-refractivity contribution in [3.05, 3.63) is 63.5 Å². The van der Waals surface area contributed by atoms with Crippen molar-refractivity contribution in [1.82, 2.24) is 5.32 Å². The molecule has 0 spiro atoms. The monoisotopic (exact) mass is 425 g/mol. The third kappa shape index (κ3) is 4.82. The highest BCUT2D eigenvalue weighted by molar-refractivity contribution is 5.83. The van der Waals surface area contributed by atoms with Crippen LogP contribution in [-0.4, -0.2) is 27.2 Å². The number of fused-ring (bicyclic) bond motifs is 1. The number of carbonyl (C=O) groups excluding carboxylic acids is 1. The van der Waals surface area contributed by atoms with Crippen molar-refractivity contribution in [2.24, 2.45) is 0 Å². The Kier molecular flexibility index (Phi) is 6.84. The maximum absolute atomic E-state index is 12.6. The second-order valence-corrected chi connectivity index (χ2v) is 7.25. The van der Waals surface area contributed by atoms with Crippen molar-refractivity contribution in [1.29, 1.82) is 0 Å². The molecule has 7 nitrogen and oxygen atoms in total. The van der Waals surface area contributed by atoms with Gasteiger partial charge < -0.3 is 23.9 Å². The van der Waals surface area contributed by atoms with E-state index in [1.165, 1.54) is 0 Å². The molecule has 164 valence electrons. The number of ether oxygens (including phenoxy) is 3. The van der Waals surface area contributed by atoms with Gasteiger partial charge >= 0.3 is 5.63 Å². The van der Waals surface area contributed by atoms with Gasteiger partial charge in [-0.1, -0.05) is 0 Å². The highest BCUT2D eigenvalue weighted by atomic mass is 16.5. The Balaban J connectivity index is 1.74. The summed E-state index contributed by atoms with van der Waals surface area (Å²) in [5, 5.41) is 3.78. The largest absolute Gasteiger partial charge is 0.497 e. The summed E-state index contributed by atoms with van der Waals surface area (Å²) >= 11 is 0. The van der Waals surface area contributed by atoms with E-state index in [4.69, 9.17) is 18.6 Å². The normalized spacial score (nSPS) is 11.8. The van der Waals surface area contributed by atoms with Crippen molar-refractivity contribution >= 4 is 16.9 Å². The first-order chi connectivity index (χ1) is 14.9. The summed E-state index contributed by atoms with van der Waals surface area (Å²) in [6.45, 7) is 3.74. The Hall–Kier alpha value is -3.48. The minimum Gasteiger partial charge on any atom is -0.497 e. The zero-order valence-corrected chi connectivity index (χ0v) is 18.4. The van der Waals surface area contributed by atoms with Crippen LogP contribution in [0.15, 0.2) is 45.6 Å². The van der Waals surface area contributed by atoms with E-state index < -0.39 is 5.63 Å². The van der Waals surface area contributed by atoms with Crippen LogP contribution in [0.25, 0.3) is 11.0 Å². The van der Waals surface area contributed by atoms with E-state index in [0.717, 1.165) is 16.5 Å². The third-order valence-electron chi connectivity index (χ3n) is 5.38. The Bertz CT molecular complexity index is 1150. The number of nitrogens with one attached hydrogen (secondary N) is 1. The van der Waals surface area contributed by atoms with E-state index >= 15 is 0 Å². The molecule has 1 amide bonds. The van der Waals surface area contributed by atoms with E-state index in [9.17, 15) is 9.59 Å². The molecule has 0 saturated heterocycles. The molecule has 0 aliphatic heterocycles. The number of amides is 1. The molecule has 2 aromatic carbocycles. The number of aryl methyl sites for hydroxylation is 1. The number of rotatable bonds is 8. The highest BCUT2D eigenvalue weighted by Gasteiger charge is 2.17. The lowest BCUT2D eigenvalue weighted by Crippen LogP contribution is -2.27. The van der Waals surface area contributed by atoms with Crippen LogP contribution in [0.1, 0.15) is 36.1 Å². The zero-order chi connectivity index (χ0) is 22.5. The molecule has 0 saturated carbocycles. The molecule has 0 fully saturated rings. The van der Waals surface area contributed by atoms with E-state index in [1.807, 2.05) is 32.0 Å². The molecule has 0 unspecified atom stereocenters. The predicted octanol–water partition coefficient (Wildman–Crippen LogP) is 3.94. The zero-order valence-electron chi connectivity index (χ0n) is 18.4. The second kappa shape index (κ2) is 9.55. The standard InChI is InChI=1S/C24H27NO6/c1-14-18-8-6-17(29-4)13-22(18)31-24(27)19(14)9-11-23(26)25-15(2)20-12-16(28-3)7-10-21(20)30-5/h6-8,10,12-13,15H,9,11H2,1-5H3,(H,25,26)/t15-/m0/s1. The van der Waals surface area contributed by atoms with E-state index in [-0.39, 0.29) is 24.8 Å². The summed E-state index contributed by atoms with van der Waals surface area (Å²) < 4.78 is 21.3. The van der Waals surface area contributed by atoms with Crippen LogP contribution in [0, 0.1) is 6.92 Å².